The van der Waals surface area contributed by atoms with Crippen molar-refractivity contribution in [2.24, 2.45) is 0 Å². The van der Waals surface area contributed by atoms with Crippen molar-refractivity contribution in [3.05, 3.63) is 74.0 Å². The minimum atomic E-state index is -1.24. The Labute approximate surface area is 234 Å². The summed E-state index contributed by atoms with van der Waals surface area (Å²) in [5.41, 5.74) is -0.0501. The van der Waals surface area contributed by atoms with Gasteiger partial charge in [0, 0.05) is 42.6 Å². The average Bonchev–Trinajstić information content (AvgIpc) is 2.90. The second-order valence-corrected chi connectivity index (χ2v) is 8.94. The van der Waals surface area contributed by atoms with Crippen LogP contribution in [-0.4, -0.2) is 60.1 Å². The summed E-state index contributed by atoms with van der Waals surface area (Å²) in [5.74, 6) is -1.62. The molecule has 3 aromatic rings. The maximum Gasteiger partial charge on any atom is 0.397 e. The average molecular weight is 577 g/mol. The highest BCUT2D eigenvalue weighted by molar-refractivity contribution is 6.82. The van der Waals surface area contributed by atoms with Crippen LogP contribution in [0.2, 0.25) is 16.9 Å². The minimum absolute atomic E-state index is 0.0943. The van der Waals surface area contributed by atoms with Crippen LogP contribution >= 0.6 is 23.2 Å². The maximum atomic E-state index is 14.1. The number of benzene rings is 1. The summed E-state index contributed by atoms with van der Waals surface area (Å²) in [6.45, 7) is 3.47. The standard InChI is InChI=1S/C23H23B2Cl2FN5O6/c1-13(20-15(26)5-6-16(28)21(20)27)39-18-10-17(30-31-22(18)33(24-12-34)25(2)37)23(36)29-14-4-7-19(35)32(11-14)8-9-38-3/h4-7,10-13,37H,8-9H2,1-3H3,(H,29,36). The molecule has 2 aromatic heterocycles. The zero-order valence-electron chi connectivity index (χ0n) is 21.1. The third-order valence-electron chi connectivity index (χ3n) is 5.41. The first-order valence-corrected chi connectivity index (χ1v) is 12.3. The fourth-order valence-electron chi connectivity index (χ4n) is 3.51. The third kappa shape index (κ3) is 7.35. The molecule has 39 heavy (non-hydrogen) atoms. The lowest BCUT2D eigenvalue weighted by Crippen LogP contribution is -2.42. The number of hydrogen-bond donors (Lipinski definition) is 2. The lowest BCUT2D eigenvalue weighted by molar-refractivity contribution is 0.102. The van der Waals surface area contributed by atoms with Gasteiger partial charge in [0.15, 0.2) is 17.3 Å². The highest BCUT2D eigenvalue weighted by Gasteiger charge is 2.27. The Balaban J connectivity index is 1.99. The van der Waals surface area contributed by atoms with E-state index in [4.69, 9.17) is 32.7 Å². The molecule has 0 saturated carbocycles. The van der Waals surface area contributed by atoms with E-state index in [1.54, 1.807) is 0 Å². The molecule has 1 radical (unpaired) electrons. The molecule has 0 aliphatic heterocycles. The predicted molar refractivity (Wildman–Crippen MR) is 147 cm³/mol. The fraction of sp³-hybridized carbons (Fsp3) is 0.261. The minimum Gasteiger partial charge on any atom is -0.482 e. The van der Waals surface area contributed by atoms with Crippen LogP contribution in [0.4, 0.5) is 15.9 Å². The smallest absolute Gasteiger partial charge is 0.397 e. The van der Waals surface area contributed by atoms with Crippen molar-refractivity contribution in [1.82, 2.24) is 14.8 Å². The Morgan fingerprint density at radius 2 is 2.08 bits per heavy atom. The predicted octanol–water partition coefficient (Wildman–Crippen LogP) is 2.85. The van der Waals surface area contributed by atoms with E-state index in [1.807, 2.05) is 0 Å². The number of hydrogen-bond acceptors (Lipinski definition) is 9. The lowest BCUT2D eigenvalue weighted by atomic mass is 9.73. The molecule has 11 nitrogen and oxygen atoms in total. The van der Waals surface area contributed by atoms with E-state index in [1.165, 1.54) is 55.9 Å². The Morgan fingerprint density at radius 1 is 1.33 bits per heavy atom. The molecule has 1 atom stereocenters. The molecule has 0 fully saturated rings. The number of amides is 1. The first-order chi connectivity index (χ1) is 18.6. The van der Waals surface area contributed by atoms with Gasteiger partial charge >= 0.3 is 14.5 Å². The zero-order valence-corrected chi connectivity index (χ0v) is 22.6. The second kappa shape index (κ2) is 13.6. The molecule has 16 heteroatoms. The van der Waals surface area contributed by atoms with Crippen molar-refractivity contribution >= 4 is 61.3 Å². The summed E-state index contributed by atoms with van der Waals surface area (Å²) in [4.78, 5) is 36.3. The molecule has 1 unspecified atom stereocenters. The SMILES string of the molecule is COCCn1cc(NC(=O)c2cc(OC(C)c3c(Cl)ccc(F)c3Cl)c(N([B]C=O)B(C)O)nn2)ccc1=O. The van der Waals surface area contributed by atoms with Crippen LogP contribution in [0.3, 0.4) is 0 Å². The largest absolute Gasteiger partial charge is 0.482 e. The van der Waals surface area contributed by atoms with E-state index in [0.29, 0.717) is 18.5 Å². The van der Waals surface area contributed by atoms with Gasteiger partial charge in [-0.05, 0) is 31.9 Å². The second-order valence-electron chi connectivity index (χ2n) is 8.16. The van der Waals surface area contributed by atoms with Crippen LogP contribution in [0.15, 0.2) is 41.3 Å². The molecule has 0 bridgehead atoms. The van der Waals surface area contributed by atoms with Gasteiger partial charge in [0.25, 0.3) is 11.5 Å². The van der Waals surface area contributed by atoms with Crippen molar-refractivity contribution in [1.29, 1.82) is 0 Å². The third-order valence-corrected chi connectivity index (χ3v) is 6.12. The molecule has 0 aliphatic carbocycles. The number of pyridine rings is 1. The first kappa shape index (κ1) is 30.1. The number of rotatable bonds is 12. The highest BCUT2D eigenvalue weighted by atomic mass is 35.5. The van der Waals surface area contributed by atoms with Crippen LogP contribution in [0.25, 0.3) is 0 Å². The van der Waals surface area contributed by atoms with E-state index >= 15 is 0 Å². The molecule has 0 saturated heterocycles. The number of carbonyl (C=O) groups excluding carboxylic acids is 2. The number of methoxy groups -OCH3 is 1. The van der Waals surface area contributed by atoms with E-state index in [2.05, 4.69) is 15.5 Å². The molecule has 0 aliphatic rings. The summed E-state index contributed by atoms with van der Waals surface area (Å²) < 4.78 is 27.5. The fourth-order valence-corrected chi connectivity index (χ4v) is 4.19. The van der Waals surface area contributed by atoms with Gasteiger partial charge < -0.3 is 33.9 Å². The number of nitrogens with zero attached hydrogens (tertiary/aromatic N) is 4. The quantitative estimate of drug-likeness (QED) is 0.189. The number of aromatic nitrogens is 3. The number of halogens is 3. The van der Waals surface area contributed by atoms with Crippen molar-refractivity contribution in [2.75, 3.05) is 23.8 Å². The van der Waals surface area contributed by atoms with Crippen LogP contribution in [0.5, 0.6) is 5.75 Å². The van der Waals surface area contributed by atoms with E-state index in [0.717, 1.165) is 18.2 Å². The molecule has 2 heterocycles. The van der Waals surface area contributed by atoms with Crippen molar-refractivity contribution in [2.45, 2.75) is 26.4 Å². The number of anilines is 2. The highest BCUT2D eigenvalue weighted by Crippen LogP contribution is 2.37. The Hall–Kier alpha value is -3.45. The molecule has 1 aromatic carbocycles. The molecule has 0 spiro atoms. The normalized spacial score (nSPS) is 11.5. The number of carbonyl (C=O) groups is 2. The monoisotopic (exact) mass is 576 g/mol. The van der Waals surface area contributed by atoms with E-state index in [9.17, 15) is 23.8 Å². The van der Waals surface area contributed by atoms with Gasteiger partial charge in [-0.25, -0.2) is 4.39 Å². The van der Waals surface area contributed by atoms with Crippen LogP contribution in [-0.2, 0) is 16.1 Å². The molecular formula is C23H23B2Cl2FN5O6. The van der Waals surface area contributed by atoms with Gasteiger partial charge in [0.1, 0.15) is 18.1 Å². The summed E-state index contributed by atoms with van der Waals surface area (Å²) in [6, 6.07) is 6.36. The molecule has 1 amide bonds. The number of ether oxygens (including phenoxy) is 2. The topological polar surface area (TPSA) is 136 Å². The Morgan fingerprint density at radius 3 is 2.74 bits per heavy atom. The summed E-state index contributed by atoms with van der Waals surface area (Å²) in [6.07, 6.45) is 0.903. The lowest BCUT2D eigenvalue weighted by Gasteiger charge is -2.26. The maximum absolute atomic E-state index is 14.1. The van der Waals surface area contributed by atoms with E-state index < -0.39 is 24.9 Å². The van der Waals surface area contributed by atoms with Crippen LogP contribution < -0.4 is 20.3 Å². The van der Waals surface area contributed by atoms with Crippen molar-refractivity contribution in [3.63, 3.8) is 0 Å². The van der Waals surface area contributed by atoms with Gasteiger partial charge in [-0.3, -0.25) is 9.59 Å². The van der Waals surface area contributed by atoms with Gasteiger partial charge in [-0.15, -0.1) is 10.2 Å². The van der Waals surface area contributed by atoms with E-state index in [-0.39, 0.29) is 45.0 Å². The summed E-state index contributed by atoms with van der Waals surface area (Å²) in [7, 11) is 1.26. The summed E-state index contributed by atoms with van der Waals surface area (Å²) in [5, 5.41) is 20.6. The van der Waals surface area contributed by atoms with Crippen LogP contribution in [0, 0.1) is 5.82 Å². The molecular weight excluding hydrogens is 554 g/mol. The van der Waals surface area contributed by atoms with Crippen molar-refractivity contribution < 1.29 is 28.5 Å². The summed E-state index contributed by atoms with van der Waals surface area (Å²) >= 11 is 12.4. The van der Waals surface area contributed by atoms with Gasteiger partial charge in [0.2, 0.25) is 0 Å². The Bertz CT molecular complexity index is 1410. The van der Waals surface area contributed by atoms with Crippen molar-refractivity contribution in [3.8, 4) is 5.75 Å². The molecule has 2 N–H and O–H groups in total. The van der Waals surface area contributed by atoms with Gasteiger partial charge in [-0.2, -0.15) is 0 Å². The zero-order chi connectivity index (χ0) is 28.7. The molecule has 3 rings (SSSR count). The van der Waals surface area contributed by atoms with Gasteiger partial charge in [0.05, 0.1) is 17.3 Å². The van der Waals surface area contributed by atoms with Gasteiger partial charge in [-0.1, -0.05) is 23.2 Å². The Kier molecular flexibility index (Phi) is 10.5. The van der Waals surface area contributed by atoms with Crippen LogP contribution in [0.1, 0.15) is 29.1 Å². The molecule has 203 valence electrons. The first-order valence-electron chi connectivity index (χ1n) is 11.5. The number of nitrogens with one attached hydrogen (secondary N) is 1.